The lowest BCUT2D eigenvalue weighted by atomic mass is 9.98. The van der Waals surface area contributed by atoms with Gasteiger partial charge in [-0.25, -0.2) is 0 Å². The van der Waals surface area contributed by atoms with Gasteiger partial charge in [-0.15, -0.1) is 0 Å². The highest BCUT2D eigenvalue weighted by atomic mass is 16.3. The van der Waals surface area contributed by atoms with Gasteiger partial charge in [0.05, 0.1) is 0 Å². The first kappa shape index (κ1) is 9.52. The number of likely N-dealkylation sites (tertiary alicyclic amines) is 1. The maximum Gasteiger partial charge on any atom is 0.222 e. The summed E-state index contributed by atoms with van der Waals surface area (Å²) in [6, 6.07) is 0. The molecule has 0 unspecified atom stereocenters. The lowest BCUT2D eigenvalue weighted by Gasteiger charge is -2.30. The van der Waals surface area contributed by atoms with Crippen LogP contribution < -0.4 is 0 Å². The molecule has 1 fully saturated rings. The second-order valence-electron chi connectivity index (χ2n) is 3.36. The largest absolute Gasteiger partial charge is 0.396 e. The molecule has 1 N–H and O–H groups in total. The van der Waals surface area contributed by atoms with Crippen molar-refractivity contribution in [3.8, 4) is 0 Å². The summed E-state index contributed by atoms with van der Waals surface area (Å²) in [5.41, 5.74) is 0. The van der Waals surface area contributed by atoms with Crippen molar-refractivity contribution in [3.63, 3.8) is 0 Å². The van der Waals surface area contributed by atoms with Crippen LogP contribution in [0.25, 0.3) is 0 Å². The Bertz CT molecular complexity index is 151. The van der Waals surface area contributed by atoms with Crippen molar-refractivity contribution in [2.45, 2.75) is 26.2 Å². The number of amides is 1. The van der Waals surface area contributed by atoms with E-state index in [1.54, 1.807) is 0 Å². The normalized spacial score (nSPS) is 19.7. The van der Waals surface area contributed by atoms with Crippen molar-refractivity contribution in [2.24, 2.45) is 5.92 Å². The van der Waals surface area contributed by atoms with Crippen molar-refractivity contribution >= 4 is 5.91 Å². The van der Waals surface area contributed by atoms with Gasteiger partial charge in [0, 0.05) is 26.1 Å². The van der Waals surface area contributed by atoms with Gasteiger partial charge in [0.25, 0.3) is 0 Å². The molecule has 0 aromatic heterocycles. The van der Waals surface area contributed by atoms with Crippen molar-refractivity contribution in [1.29, 1.82) is 0 Å². The maximum absolute atomic E-state index is 11.2. The van der Waals surface area contributed by atoms with Crippen LogP contribution in [0.4, 0.5) is 0 Å². The van der Waals surface area contributed by atoms with E-state index in [0.717, 1.165) is 25.9 Å². The standard InChI is InChI=1S/C9H17NO2/c1-2-9(12)10-5-3-8(7-11)4-6-10/h8,11H,2-7H2,1H3. The van der Waals surface area contributed by atoms with Crippen LogP contribution in [0, 0.1) is 5.92 Å². The predicted molar refractivity (Wildman–Crippen MR) is 46.7 cm³/mol. The summed E-state index contributed by atoms with van der Waals surface area (Å²) < 4.78 is 0. The number of carbonyl (C=O) groups is 1. The van der Waals surface area contributed by atoms with Gasteiger partial charge in [-0.05, 0) is 18.8 Å². The van der Waals surface area contributed by atoms with E-state index in [1.807, 2.05) is 11.8 Å². The number of aliphatic hydroxyl groups excluding tert-OH is 1. The first-order valence-electron chi connectivity index (χ1n) is 4.66. The molecule has 1 heterocycles. The summed E-state index contributed by atoms with van der Waals surface area (Å²) in [5, 5.41) is 8.87. The van der Waals surface area contributed by atoms with Crippen molar-refractivity contribution in [3.05, 3.63) is 0 Å². The van der Waals surface area contributed by atoms with E-state index in [2.05, 4.69) is 0 Å². The summed E-state index contributed by atoms with van der Waals surface area (Å²) in [7, 11) is 0. The van der Waals surface area contributed by atoms with E-state index in [9.17, 15) is 4.79 Å². The highest BCUT2D eigenvalue weighted by Gasteiger charge is 2.20. The highest BCUT2D eigenvalue weighted by molar-refractivity contribution is 5.75. The van der Waals surface area contributed by atoms with Gasteiger partial charge in [0.15, 0.2) is 0 Å². The van der Waals surface area contributed by atoms with E-state index < -0.39 is 0 Å². The monoisotopic (exact) mass is 171 g/mol. The van der Waals surface area contributed by atoms with Gasteiger partial charge in [-0.2, -0.15) is 0 Å². The number of aliphatic hydroxyl groups is 1. The number of carbonyl (C=O) groups excluding carboxylic acids is 1. The second kappa shape index (κ2) is 4.45. The van der Waals surface area contributed by atoms with Gasteiger partial charge in [0.2, 0.25) is 5.91 Å². The molecular weight excluding hydrogens is 154 g/mol. The molecule has 70 valence electrons. The summed E-state index contributed by atoms with van der Waals surface area (Å²) in [5.74, 6) is 0.664. The Kier molecular flexibility index (Phi) is 3.53. The molecule has 1 saturated heterocycles. The van der Waals surface area contributed by atoms with Gasteiger partial charge < -0.3 is 10.0 Å². The number of rotatable bonds is 2. The van der Waals surface area contributed by atoms with Gasteiger partial charge in [-0.3, -0.25) is 4.79 Å². The summed E-state index contributed by atoms with van der Waals surface area (Å²) >= 11 is 0. The van der Waals surface area contributed by atoms with Gasteiger partial charge >= 0.3 is 0 Å². The average molecular weight is 171 g/mol. The molecule has 3 heteroatoms. The fraction of sp³-hybridized carbons (Fsp3) is 0.889. The molecule has 0 atom stereocenters. The van der Waals surface area contributed by atoms with Crippen LogP contribution in [0.15, 0.2) is 0 Å². The second-order valence-corrected chi connectivity index (χ2v) is 3.36. The Balaban J connectivity index is 2.30. The molecule has 0 aromatic rings. The van der Waals surface area contributed by atoms with Gasteiger partial charge in [0.1, 0.15) is 0 Å². The molecular formula is C9H17NO2. The fourth-order valence-corrected chi connectivity index (χ4v) is 1.59. The van der Waals surface area contributed by atoms with E-state index >= 15 is 0 Å². The first-order chi connectivity index (χ1) is 5.77. The van der Waals surface area contributed by atoms with Crippen LogP contribution in [-0.4, -0.2) is 35.6 Å². The quantitative estimate of drug-likeness (QED) is 0.662. The molecule has 1 aliphatic heterocycles. The zero-order valence-electron chi connectivity index (χ0n) is 7.62. The van der Waals surface area contributed by atoms with Gasteiger partial charge in [-0.1, -0.05) is 6.92 Å². The van der Waals surface area contributed by atoms with Crippen LogP contribution in [0.2, 0.25) is 0 Å². The van der Waals surface area contributed by atoms with Crippen LogP contribution in [-0.2, 0) is 4.79 Å². The van der Waals surface area contributed by atoms with Crippen molar-refractivity contribution < 1.29 is 9.90 Å². The lowest BCUT2D eigenvalue weighted by Crippen LogP contribution is -2.38. The third-order valence-electron chi connectivity index (χ3n) is 2.53. The summed E-state index contributed by atoms with van der Waals surface area (Å²) in [4.78, 5) is 13.1. The molecule has 12 heavy (non-hydrogen) atoms. The predicted octanol–water partition coefficient (Wildman–Crippen LogP) is 0.627. The molecule has 0 spiro atoms. The molecule has 1 amide bonds. The Morgan fingerprint density at radius 1 is 1.50 bits per heavy atom. The highest BCUT2D eigenvalue weighted by Crippen LogP contribution is 2.16. The van der Waals surface area contributed by atoms with E-state index in [1.165, 1.54) is 0 Å². The van der Waals surface area contributed by atoms with E-state index in [0.29, 0.717) is 12.3 Å². The van der Waals surface area contributed by atoms with Crippen molar-refractivity contribution in [1.82, 2.24) is 4.90 Å². The minimum Gasteiger partial charge on any atom is -0.396 e. The minimum absolute atomic E-state index is 0.242. The maximum atomic E-state index is 11.2. The average Bonchev–Trinajstić information content (AvgIpc) is 2.17. The zero-order chi connectivity index (χ0) is 8.97. The smallest absolute Gasteiger partial charge is 0.222 e. The molecule has 0 radical (unpaired) electrons. The van der Waals surface area contributed by atoms with Crippen LogP contribution in [0.3, 0.4) is 0 Å². The number of piperidine rings is 1. The van der Waals surface area contributed by atoms with Crippen molar-refractivity contribution in [2.75, 3.05) is 19.7 Å². The Hall–Kier alpha value is -0.570. The third-order valence-corrected chi connectivity index (χ3v) is 2.53. The molecule has 0 saturated carbocycles. The van der Waals surface area contributed by atoms with Crippen LogP contribution in [0.1, 0.15) is 26.2 Å². The molecule has 3 nitrogen and oxygen atoms in total. The van der Waals surface area contributed by atoms with E-state index in [-0.39, 0.29) is 12.5 Å². The Morgan fingerprint density at radius 2 is 2.08 bits per heavy atom. The first-order valence-corrected chi connectivity index (χ1v) is 4.66. The topological polar surface area (TPSA) is 40.5 Å². The zero-order valence-corrected chi connectivity index (χ0v) is 7.62. The van der Waals surface area contributed by atoms with Crippen LogP contribution >= 0.6 is 0 Å². The number of hydrogen-bond donors (Lipinski definition) is 1. The van der Waals surface area contributed by atoms with E-state index in [4.69, 9.17) is 5.11 Å². The molecule has 0 bridgehead atoms. The molecule has 1 aliphatic rings. The molecule has 0 aromatic carbocycles. The minimum atomic E-state index is 0.242. The third kappa shape index (κ3) is 2.21. The number of nitrogens with zero attached hydrogens (tertiary/aromatic N) is 1. The Labute approximate surface area is 73.4 Å². The molecule has 0 aliphatic carbocycles. The lowest BCUT2D eigenvalue weighted by molar-refractivity contribution is -0.132. The molecule has 1 rings (SSSR count). The van der Waals surface area contributed by atoms with Crippen LogP contribution in [0.5, 0.6) is 0 Å². The number of hydrogen-bond acceptors (Lipinski definition) is 2. The fourth-order valence-electron chi connectivity index (χ4n) is 1.59. The summed E-state index contributed by atoms with van der Waals surface area (Å²) in [6.07, 6.45) is 2.52. The Morgan fingerprint density at radius 3 is 2.50 bits per heavy atom. The summed E-state index contributed by atoms with van der Waals surface area (Å²) in [6.45, 7) is 3.82. The SMILES string of the molecule is CCC(=O)N1CCC(CO)CC1.